The largest absolute Gasteiger partial charge is 0.297 e. The number of rotatable bonds is 8. The van der Waals surface area contributed by atoms with Crippen LogP contribution >= 0.6 is 0 Å². The van der Waals surface area contributed by atoms with Crippen molar-refractivity contribution in [1.82, 2.24) is 0 Å². The average molecular weight is 339 g/mol. The van der Waals surface area contributed by atoms with Crippen molar-refractivity contribution in [2.45, 2.75) is 82.6 Å². The van der Waals surface area contributed by atoms with Gasteiger partial charge in [-0.3, -0.25) is 4.18 Å². The predicted octanol–water partition coefficient (Wildman–Crippen LogP) is 5.23. The molecular formula is C19H30O3S. The molecule has 1 aliphatic rings. The summed E-state index contributed by atoms with van der Waals surface area (Å²) in [5.74, 6) is 0.390. The zero-order valence-electron chi connectivity index (χ0n) is 14.5. The van der Waals surface area contributed by atoms with E-state index < -0.39 is 10.1 Å². The molecule has 130 valence electrons. The highest BCUT2D eigenvalue weighted by Gasteiger charge is 2.29. The van der Waals surface area contributed by atoms with Crippen molar-refractivity contribution in [3.8, 4) is 0 Å². The Morgan fingerprint density at radius 2 is 1.74 bits per heavy atom. The summed E-state index contributed by atoms with van der Waals surface area (Å²) >= 11 is 0. The topological polar surface area (TPSA) is 43.4 Å². The summed E-state index contributed by atoms with van der Waals surface area (Å²) in [6.07, 6.45) is 9.87. The minimum Gasteiger partial charge on any atom is -0.263 e. The van der Waals surface area contributed by atoms with Gasteiger partial charge in [-0.2, -0.15) is 8.42 Å². The third-order valence-corrected chi connectivity index (χ3v) is 6.18. The first-order chi connectivity index (χ1) is 11.0. The molecule has 0 radical (unpaired) electrons. The molecule has 0 saturated heterocycles. The lowest BCUT2D eigenvalue weighted by Crippen LogP contribution is -2.29. The normalized spacial score (nSPS) is 18.0. The molecule has 2 rings (SSSR count). The van der Waals surface area contributed by atoms with Gasteiger partial charge in [0, 0.05) is 0 Å². The highest BCUT2D eigenvalue weighted by molar-refractivity contribution is 7.86. The van der Waals surface area contributed by atoms with Crippen LogP contribution in [0.5, 0.6) is 0 Å². The fourth-order valence-electron chi connectivity index (χ4n) is 3.39. The number of hydrogen-bond acceptors (Lipinski definition) is 3. The van der Waals surface area contributed by atoms with Crippen LogP contribution in [0.2, 0.25) is 0 Å². The Labute approximate surface area is 141 Å². The van der Waals surface area contributed by atoms with Gasteiger partial charge in [0.25, 0.3) is 10.1 Å². The van der Waals surface area contributed by atoms with E-state index >= 15 is 0 Å². The van der Waals surface area contributed by atoms with Gasteiger partial charge in [0.2, 0.25) is 0 Å². The lowest BCUT2D eigenvalue weighted by atomic mass is 9.83. The summed E-state index contributed by atoms with van der Waals surface area (Å²) in [6.45, 7) is 4.12. The van der Waals surface area contributed by atoms with E-state index in [1.807, 2.05) is 19.1 Å². The Kier molecular flexibility index (Phi) is 7.09. The van der Waals surface area contributed by atoms with Gasteiger partial charge in [-0.1, -0.05) is 63.1 Å². The zero-order valence-corrected chi connectivity index (χ0v) is 15.3. The lowest BCUT2D eigenvalue weighted by molar-refractivity contribution is 0.103. The van der Waals surface area contributed by atoms with Gasteiger partial charge in [-0.15, -0.1) is 0 Å². The number of unbranched alkanes of at least 4 members (excludes halogenated alkanes) is 2. The second-order valence-electron chi connectivity index (χ2n) is 6.80. The Bertz CT molecular complexity index is 557. The van der Waals surface area contributed by atoms with Crippen LogP contribution in [0.25, 0.3) is 0 Å². The molecule has 0 amide bonds. The van der Waals surface area contributed by atoms with E-state index in [0.717, 1.165) is 44.1 Å². The van der Waals surface area contributed by atoms with Crippen molar-refractivity contribution >= 4 is 10.1 Å². The maximum Gasteiger partial charge on any atom is 0.297 e. The van der Waals surface area contributed by atoms with E-state index in [4.69, 9.17) is 4.18 Å². The molecule has 0 aromatic heterocycles. The van der Waals surface area contributed by atoms with Crippen LogP contribution in [0.3, 0.4) is 0 Å². The van der Waals surface area contributed by atoms with Crippen LogP contribution in [0.4, 0.5) is 0 Å². The smallest absolute Gasteiger partial charge is 0.263 e. The zero-order chi connectivity index (χ0) is 16.7. The molecule has 0 spiro atoms. The third-order valence-electron chi connectivity index (χ3n) is 4.83. The van der Waals surface area contributed by atoms with Crippen molar-refractivity contribution in [2.24, 2.45) is 5.92 Å². The predicted molar refractivity (Wildman–Crippen MR) is 94.0 cm³/mol. The minimum atomic E-state index is -3.66. The Morgan fingerprint density at radius 1 is 1.09 bits per heavy atom. The lowest BCUT2D eigenvalue weighted by Gasteiger charge is -2.29. The summed E-state index contributed by atoms with van der Waals surface area (Å²) in [7, 11) is -3.66. The number of benzene rings is 1. The molecule has 23 heavy (non-hydrogen) atoms. The van der Waals surface area contributed by atoms with Gasteiger partial charge >= 0.3 is 0 Å². The van der Waals surface area contributed by atoms with Crippen LogP contribution in [0, 0.1) is 12.8 Å². The number of hydrogen-bond donors (Lipinski definition) is 0. The quantitative estimate of drug-likeness (QED) is 0.481. The molecule has 0 bridgehead atoms. The van der Waals surface area contributed by atoms with Crippen LogP contribution < -0.4 is 0 Å². The van der Waals surface area contributed by atoms with Crippen molar-refractivity contribution in [1.29, 1.82) is 0 Å². The van der Waals surface area contributed by atoms with Crippen molar-refractivity contribution in [2.75, 3.05) is 0 Å². The van der Waals surface area contributed by atoms with Crippen LogP contribution in [-0.2, 0) is 14.3 Å². The monoisotopic (exact) mass is 338 g/mol. The van der Waals surface area contributed by atoms with Gasteiger partial charge < -0.3 is 0 Å². The summed E-state index contributed by atoms with van der Waals surface area (Å²) < 4.78 is 30.9. The molecule has 1 aromatic rings. The summed E-state index contributed by atoms with van der Waals surface area (Å²) in [4.78, 5) is 0.277. The number of aryl methyl sites for hydroxylation is 1. The maximum atomic E-state index is 12.6. The molecule has 0 aliphatic heterocycles. The van der Waals surface area contributed by atoms with Gasteiger partial charge in [0.15, 0.2) is 0 Å². The molecule has 1 fully saturated rings. The third kappa shape index (κ3) is 5.61. The first-order valence-electron chi connectivity index (χ1n) is 9.03. The maximum absolute atomic E-state index is 12.6. The van der Waals surface area contributed by atoms with Crippen LogP contribution in [-0.4, -0.2) is 14.5 Å². The van der Waals surface area contributed by atoms with Crippen LogP contribution in [0.15, 0.2) is 29.2 Å². The van der Waals surface area contributed by atoms with Gasteiger partial charge in [-0.25, -0.2) is 0 Å². The van der Waals surface area contributed by atoms with Gasteiger partial charge in [0.1, 0.15) is 0 Å². The molecule has 1 aliphatic carbocycles. The first kappa shape index (κ1) is 18.5. The highest BCUT2D eigenvalue weighted by Crippen LogP contribution is 2.32. The van der Waals surface area contributed by atoms with Crippen molar-refractivity contribution in [3.05, 3.63) is 29.8 Å². The molecular weight excluding hydrogens is 308 g/mol. The second-order valence-corrected chi connectivity index (χ2v) is 8.37. The van der Waals surface area contributed by atoms with Gasteiger partial charge in [-0.05, 0) is 44.2 Å². The van der Waals surface area contributed by atoms with Crippen LogP contribution in [0.1, 0.15) is 70.3 Å². The molecule has 1 atom stereocenters. The second kappa shape index (κ2) is 8.84. The van der Waals surface area contributed by atoms with E-state index in [1.54, 1.807) is 12.1 Å². The van der Waals surface area contributed by atoms with E-state index in [9.17, 15) is 8.42 Å². The molecule has 0 N–H and O–H groups in total. The fraction of sp³-hybridized carbons (Fsp3) is 0.684. The van der Waals surface area contributed by atoms with Crippen molar-refractivity contribution in [3.63, 3.8) is 0 Å². The molecule has 1 saturated carbocycles. The van der Waals surface area contributed by atoms with E-state index in [2.05, 4.69) is 6.92 Å². The molecule has 1 aromatic carbocycles. The molecule has 4 heteroatoms. The highest BCUT2D eigenvalue weighted by atomic mass is 32.2. The SMILES string of the molecule is CCCCCC(OS(=O)(=O)c1ccc(C)cc1)C1CCCCC1. The standard InChI is InChI=1S/C19H30O3S/c1-3-4-6-11-19(17-9-7-5-8-10-17)22-23(20,21)18-14-12-16(2)13-15-18/h12-15,17,19H,3-11H2,1-2H3. The van der Waals surface area contributed by atoms with Gasteiger partial charge in [0.05, 0.1) is 11.0 Å². The van der Waals surface area contributed by atoms with E-state index in [1.165, 1.54) is 19.3 Å². The fourth-order valence-corrected chi connectivity index (χ4v) is 4.55. The average Bonchev–Trinajstić information content (AvgIpc) is 2.55. The summed E-state index contributed by atoms with van der Waals surface area (Å²) in [5, 5.41) is 0. The molecule has 3 nitrogen and oxygen atoms in total. The summed E-state index contributed by atoms with van der Waals surface area (Å²) in [6, 6.07) is 6.94. The Balaban J connectivity index is 2.09. The summed E-state index contributed by atoms with van der Waals surface area (Å²) in [5.41, 5.74) is 1.05. The van der Waals surface area contributed by atoms with E-state index in [-0.39, 0.29) is 11.0 Å². The Hall–Kier alpha value is -0.870. The Morgan fingerprint density at radius 3 is 2.35 bits per heavy atom. The van der Waals surface area contributed by atoms with Crippen molar-refractivity contribution < 1.29 is 12.6 Å². The molecule has 1 unspecified atom stereocenters. The first-order valence-corrected chi connectivity index (χ1v) is 10.4. The molecule has 0 heterocycles. The van der Waals surface area contributed by atoms with E-state index in [0.29, 0.717) is 5.92 Å². The minimum absolute atomic E-state index is 0.159.